The Bertz CT molecular complexity index is 478. The van der Waals surface area contributed by atoms with E-state index >= 15 is 0 Å². The summed E-state index contributed by atoms with van der Waals surface area (Å²) in [6, 6.07) is 2.37. The van der Waals surface area contributed by atoms with Crippen LogP contribution in [0.4, 0.5) is 17.6 Å². The normalized spacial score (nSPS) is 29.2. The van der Waals surface area contributed by atoms with Crippen LogP contribution in [0, 0.1) is 23.6 Å². The van der Waals surface area contributed by atoms with Gasteiger partial charge in [0.05, 0.1) is 12.2 Å². The van der Waals surface area contributed by atoms with Crippen molar-refractivity contribution in [2.24, 2.45) is 17.8 Å². The highest BCUT2D eigenvalue weighted by Gasteiger charge is 2.53. The average molecular weight is 275 g/mol. The smallest absolute Gasteiger partial charge is 0.416 e. The Morgan fingerprint density at radius 1 is 1.21 bits per heavy atom. The van der Waals surface area contributed by atoms with Gasteiger partial charge in [0.15, 0.2) is 11.6 Å². The molecule has 1 aromatic carbocycles. The van der Waals surface area contributed by atoms with Gasteiger partial charge in [0, 0.05) is 5.92 Å². The number of hydrogen-bond donors (Lipinski definition) is 1. The number of halogens is 4. The maximum atomic E-state index is 13.5. The monoisotopic (exact) mass is 275 g/mol. The van der Waals surface area contributed by atoms with E-state index in [1.165, 1.54) is 0 Å². The van der Waals surface area contributed by atoms with Gasteiger partial charge in [0.1, 0.15) is 0 Å². The van der Waals surface area contributed by atoms with Crippen LogP contribution in [0.25, 0.3) is 0 Å². The fourth-order valence-electron chi connectivity index (χ4n) is 2.77. The Hall–Kier alpha value is -1.30. The summed E-state index contributed by atoms with van der Waals surface area (Å²) in [5.41, 5.74) is -0.996. The lowest BCUT2D eigenvalue weighted by Gasteiger charge is -2.11. The second kappa shape index (κ2) is 4.37. The first-order valence-electron chi connectivity index (χ1n) is 6.17. The molecule has 1 saturated carbocycles. The van der Waals surface area contributed by atoms with Crippen LogP contribution in [0.3, 0.4) is 0 Å². The van der Waals surface area contributed by atoms with E-state index in [9.17, 15) is 17.6 Å². The molecule has 3 atom stereocenters. The quantitative estimate of drug-likeness (QED) is 0.856. The second-order valence-electron chi connectivity index (χ2n) is 5.10. The molecule has 0 bridgehead atoms. The van der Waals surface area contributed by atoms with E-state index < -0.39 is 17.6 Å². The van der Waals surface area contributed by atoms with Crippen LogP contribution >= 0.6 is 0 Å². The molecule has 0 unspecified atom stereocenters. The minimum Gasteiger partial charge on any atom is -0.490 e. The van der Waals surface area contributed by atoms with Crippen LogP contribution in [0.5, 0.6) is 5.75 Å². The molecule has 0 amide bonds. The third-order valence-electron chi connectivity index (χ3n) is 3.96. The number of benzene rings is 1. The molecule has 1 saturated heterocycles. The van der Waals surface area contributed by atoms with Crippen molar-refractivity contribution in [2.75, 3.05) is 19.7 Å². The molecule has 0 aromatic heterocycles. The molecule has 6 heteroatoms. The van der Waals surface area contributed by atoms with Gasteiger partial charge in [0.25, 0.3) is 0 Å². The Morgan fingerprint density at radius 3 is 2.47 bits per heavy atom. The fraction of sp³-hybridized carbons (Fsp3) is 0.538. The second-order valence-corrected chi connectivity index (χ2v) is 5.10. The van der Waals surface area contributed by atoms with E-state index in [0.717, 1.165) is 25.2 Å². The molecule has 0 radical (unpaired) electrons. The minimum absolute atomic E-state index is 0.106. The molecule has 2 fully saturated rings. The zero-order valence-corrected chi connectivity index (χ0v) is 10.0. The van der Waals surface area contributed by atoms with Crippen LogP contribution in [0.2, 0.25) is 0 Å². The van der Waals surface area contributed by atoms with Crippen molar-refractivity contribution in [1.82, 2.24) is 5.32 Å². The molecular formula is C13H13F4NO. The van der Waals surface area contributed by atoms with Crippen LogP contribution in [-0.4, -0.2) is 19.7 Å². The first-order valence-corrected chi connectivity index (χ1v) is 6.17. The highest BCUT2D eigenvalue weighted by Crippen LogP contribution is 2.48. The molecule has 104 valence electrons. The van der Waals surface area contributed by atoms with Crippen LogP contribution < -0.4 is 10.1 Å². The maximum Gasteiger partial charge on any atom is 0.416 e. The average Bonchev–Trinajstić information content (AvgIpc) is 2.78. The number of fused-ring (bicyclic) bond motifs is 1. The predicted octanol–water partition coefficient (Wildman–Crippen LogP) is 2.69. The van der Waals surface area contributed by atoms with Gasteiger partial charge in [-0.15, -0.1) is 0 Å². The van der Waals surface area contributed by atoms with Crippen molar-refractivity contribution in [1.29, 1.82) is 0 Å². The standard InChI is InChI=1S/C13H13F4NO/c14-11-3-7(13(15,16)17)1-2-12(11)19-6-10-8-4-18-5-9(8)10/h1-3,8-10,18H,4-6H2/t8-,9+,10+. The Morgan fingerprint density at radius 2 is 1.89 bits per heavy atom. The summed E-state index contributed by atoms with van der Waals surface area (Å²) in [4.78, 5) is 0. The molecule has 0 spiro atoms. The van der Waals surface area contributed by atoms with Crippen molar-refractivity contribution in [3.8, 4) is 5.75 Å². The van der Waals surface area contributed by atoms with Gasteiger partial charge in [-0.1, -0.05) is 0 Å². The number of hydrogen-bond acceptors (Lipinski definition) is 2. The third kappa shape index (κ3) is 2.41. The summed E-state index contributed by atoms with van der Waals surface area (Å²) in [5, 5.41) is 3.23. The summed E-state index contributed by atoms with van der Waals surface area (Å²) in [5.74, 6) is 0.502. The first-order chi connectivity index (χ1) is 8.97. The van der Waals surface area contributed by atoms with E-state index in [0.29, 0.717) is 30.4 Å². The lowest BCUT2D eigenvalue weighted by molar-refractivity contribution is -0.137. The van der Waals surface area contributed by atoms with Gasteiger partial charge in [-0.3, -0.25) is 0 Å². The number of piperidine rings is 1. The number of rotatable bonds is 3. The molecule has 2 nitrogen and oxygen atoms in total. The van der Waals surface area contributed by atoms with E-state index in [1.54, 1.807) is 0 Å². The number of ether oxygens (including phenoxy) is 1. The van der Waals surface area contributed by atoms with E-state index in [-0.39, 0.29) is 5.75 Å². The van der Waals surface area contributed by atoms with Gasteiger partial charge < -0.3 is 10.1 Å². The fourth-order valence-corrected chi connectivity index (χ4v) is 2.77. The van der Waals surface area contributed by atoms with Crippen molar-refractivity contribution >= 4 is 0 Å². The zero-order chi connectivity index (χ0) is 13.6. The highest BCUT2D eigenvalue weighted by atomic mass is 19.4. The third-order valence-corrected chi connectivity index (χ3v) is 3.96. The largest absolute Gasteiger partial charge is 0.490 e. The molecule has 1 aliphatic carbocycles. The van der Waals surface area contributed by atoms with Gasteiger partial charge >= 0.3 is 6.18 Å². The summed E-state index contributed by atoms with van der Waals surface area (Å²) in [6.07, 6.45) is -4.53. The summed E-state index contributed by atoms with van der Waals surface area (Å²) < 4.78 is 55.9. The lowest BCUT2D eigenvalue weighted by atomic mass is 10.2. The molecule has 1 aromatic rings. The topological polar surface area (TPSA) is 21.3 Å². The maximum absolute atomic E-state index is 13.5. The van der Waals surface area contributed by atoms with E-state index in [1.807, 2.05) is 0 Å². The van der Waals surface area contributed by atoms with Crippen molar-refractivity contribution < 1.29 is 22.3 Å². The van der Waals surface area contributed by atoms with Crippen molar-refractivity contribution in [3.05, 3.63) is 29.6 Å². The SMILES string of the molecule is Fc1cc(C(F)(F)F)ccc1OC[C@H]1[C@@H]2CNC[C@@H]21. The Balaban J connectivity index is 1.62. The number of alkyl halides is 3. The molecule has 2 aliphatic rings. The van der Waals surface area contributed by atoms with Gasteiger partial charge in [-0.2, -0.15) is 13.2 Å². The highest BCUT2D eigenvalue weighted by molar-refractivity contribution is 5.31. The van der Waals surface area contributed by atoms with Gasteiger partial charge in [-0.25, -0.2) is 4.39 Å². The zero-order valence-electron chi connectivity index (χ0n) is 10.0. The Kier molecular flexibility index (Phi) is 2.92. The predicted molar refractivity (Wildman–Crippen MR) is 60.2 cm³/mol. The van der Waals surface area contributed by atoms with Crippen LogP contribution in [-0.2, 0) is 6.18 Å². The van der Waals surface area contributed by atoms with Gasteiger partial charge in [0.2, 0.25) is 0 Å². The molecular weight excluding hydrogens is 262 g/mol. The molecule has 1 N–H and O–H groups in total. The van der Waals surface area contributed by atoms with E-state index in [2.05, 4.69) is 5.32 Å². The van der Waals surface area contributed by atoms with E-state index in [4.69, 9.17) is 4.74 Å². The molecule has 19 heavy (non-hydrogen) atoms. The molecule has 1 heterocycles. The first kappa shape index (κ1) is 12.7. The van der Waals surface area contributed by atoms with Crippen LogP contribution in [0.1, 0.15) is 5.56 Å². The van der Waals surface area contributed by atoms with Crippen molar-refractivity contribution in [3.63, 3.8) is 0 Å². The summed E-state index contributed by atoms with van der Waals surface area (Å²) in [6.45, 7) is 2.28. The Labute approximate surface area is 107 Å². The lowest BCUT2D eigenvalue weighted by Crippen LogP contribution is -2.18. The number of nitrogens with one attached hydrogen (secondary N) is 1. The molecule has 3 rings (SSSR count). The summed E-state index contributed by atoms with van der Waals surface area (Å²) in [7, 11) is 0. The van der Waals surface area contributed by atoms with Gasteiger partial charge in [-0.05, 0) is 43.1 Å². The molecule has 1 aliphatic heterocycles. The van der Waals surface area contributed by atoms with Crippen molar-refractivity contribution in [2.45, 2.75) is 6.18 Å². The summed E-state index contributed by atoms with van der Waals surface area (Å²) >= 11 is 0. The van der Waals surface area contributed by atoms with Crippen LogP contribution in [0.15, 0.2) is 18.2 Å². The minimum atomic E-state index is -4.53.